The van der Waals surface area contributed by atoms with Crippen LogP contribution in [0.1, 0.15) is 12.8 Å². The van der Waals surface area contributed by atoms with Gasteiger partial charge in [0.05, 0.1) is 6.04 Å². The highest BCUT2D eigenvalue weighted by Crippen LogP contribution is 2.23. The number of benzene rings is 2. The molecule has 1 amide bonds. The van der Waals surface area contributed by atoms with Crippen LogP contribution in [0.5, 0.6) is 0 Å². The average Bonchev–Trinajstić information content (AvgIpc) is 2.44. The molecule has 0 aliphatic rings. The number of carboxylic acid groups (broad SMARTS) is 1. The predicted molar refractivity (Wildman–Crippen MR) is 85.1 cm³/mol. The number of rotatable bonds is 5. The number of carbonyl (C=O) groups excluding carboxylic acids is 1. The van der Waals surface area contributed by atoms with E-state index in [1.54, 1.807) is 6.07 Å². The predicted octanol–water partition coefficient (Wildman–Crippen LogP) is 2.73. The topological polar surface area (TPSA) is 92.4 Å². The van der Waals surface area contributed by atoms with Crippen LogP contribution in [0, 0.1) is 0 Å². The van der Waals surface area contributed by atoms with Crippen molar-refractivity contribution in [3.8, 4) is 0 Å². The SMILES string of the molecule is NC(CCC(=O)O)C(=O)Nc1ccc2cc(Br)ccc2c1. The van der Waals surface area contributed by atoms with Crippen LogP contribution in [-0.4, -0.2) is 23.0 Å². The van der Waals surface area contributed by atoms with Gasteiger partial charge >= 0.3 is 5.97 Å². The van der Waals surface area contributed by atoms with E-state index in [1.807, 2.05) is 30.3 Å². The first kappa shape index (κ1) is 15.5. The van der Waals surface area contributed by atoms with E-state index >= 15 is 0 Å². The van der Waals surface area contributed by atoms with Gasteiger partial charge in [-0.2, -0.15) is 0 Å². The van der Waals surface area contributed by atoms with E-state index in [9.17, 15) is 9.59 Å². The molecule has 110 valence electrons. The van der Waals surface area contributed by atoms with Gasteiger partial charge in [-0.05, 0) is 41.5 Å². The largest absolute Gasteiger partial charge is 0.481 e. The molecule has 0 aromatic heterocycles. The second kappa shape index (κ2) is 6.69. The van der Waals surface area contributed by atoms with Crippen LogP contribution in [-0.2, 0) is 9.59 Å². The molecule has 1 unspecified atom stereocenters. The number of nitrogens with one attached hydrogen (secondary N) is 1. The minimum atomic E-state index is -0.963. The average molecular weight is 351 g/mol. The summed E-state index contributed by atoms with van der Waals surface area (Å²) in [5.74, 6) is -1.35. The Kier molecular flexibility index (Phi) is 4.93. The molecule has 1 atom stereocenters. The van der Waals surface area contributed by atoms with Crippen LogP contribution in [0.25, 0.3) is 10.8 Å². The number of carboxylic acids is 1. The molecule has 0 radical (unpaired) electrons. The minimum absolute atomic E-state index is 0.113. The molecule has 0 saturated carbocycles. The molecule has 2 aromatic carbocycles. The minimum Gasteiger partial charge on any atom is -0.481 e. The van der Waals surface area contributed by atoms with Crippen LogP contribution >= 0.6 is 15.9 Å². The van der Waals surface area contributed by atoms with Crippen LogP contribution in [0.2, 0.25) is 0 Å². The quantitative estimate of drug-likeness (QED) is 0.772. The molecular weight excluding hydrogens is 336 g/mol. The summed E-state index contributed by atoms with van der Waals surface area (Å²) >= 11 is 3.40. The Bertz CT molecular complexity index is 688. The highest BCUT2D eigenvalue weighted by molar-refractivity contribution is 9.10. The maximum absolute atomic E-state index is 11.9. The molecule has 0 bridgehead atoms. The van der Waals surface area contributed by atoms with E-state index in [0.717, 1.165) is 15.2 Å². The molecule has 0 aliphatic carbocycles. The lowest BCUT2D eigenvalue weighted by Crippen LogP contribution is -2.36. The number of anilines is 1. The number of nitrogens with two attached hydrogens (primary N) is 1. The van der Waals surface area contributed by atoms with Gasteiger partial charge in [0, 0.05) is 16.6 Å². The number of hydrogen-bond donors (Lipinski definition) is 3. The van der Waals surface area contributed by atoms with Gasteiger partial charge in [-0.3, -0.25) is 9.59 Å². The standard InChI is InChI=1S/C15H15BrN2O3/c16-11-3-1-10-8-12(4-2-9(10)7-11)18-15(21)13(17)5-6-14(19)20/h1-4,7-8,13H,5-6,17H2,(H,18,21)(H,19,20). The first-order valence-electron chi connectivity index (χ1n) is 6.43. The second-order valence-corrected chi connectivity index (χ2v) is 5.65. The molecule has 4 N–H and O–H groups in total. The molecule has 0 fully saturated rings. The summed E-state index contributed by atoms with van der Waals surface area (Å²) in [6.07, 6.45) is -0.0119. The Morgan fingerprint density at radius 3 is 2.57 bits per heavy atom. The summed E-state index contributed by atoms with van der Waals surface area (Å²) in [6, 6.07) is 10.6. The Morgan fingerprint density at radius 1 is 1.19 bits per heavy atom. The zero-order valence-corrected chi connectivity index (χ0v) is 12.8. The molecule has 6 heteroatoms. The summed E-state index contributed by atoms with van der Waals surface area (Å²) in [6.45, 7) is 0. The highest BCUT2D eigenvalue weighted by atomic mass is 79.9. The van der Waals surface area contributed by atoms with Crippen molar-refractivity contribution in [1.82, 2.24) is 0 Å². The van der Waals surface area contributed by atoms with Gasteiger partial charge < -0.3 is 16.2 Å². The molecule has 0 aliphatic heterocycles. The molecule has 0 saturated heterocycles. The molecule has 21 heavy (non-hydrogen) atoms. The van der Waals surface area contributed by atoms with Crippen molar-refractivity contribution >= 4 is 44.3 Å². The van der Waals surface area contributed by atoms with Crippen molar-refractivity contribution < 1.29 is 14.7 Å². The monoisotopic (exact) mass is 350 g/mol. The summed E-state index contributed by atoms with van der Waals surface area (Å²) in [4.78, 5) is 22.3. The third-order valence-corrected chi connectivity index (χ3v) is 3.57. The number of halogens is 1. The van der Waals surface area contributed by atoms with E-state index < -0.39 is 12.0 Å². The van der Waals surface area contributed by atoms with E-state index in [4.69, 9.17) is 10.8 Å². The molecule has 0 spiro atoms. The maximum Gasteiger partial charge on any atom is 0.303 e. The van der Waals surface area contributed by atoms with Gasteiger partial charge in [-0.15, -0.1) is 0 Å². The summed E-state index contributed by atoms with van der Waals surface area (Å²) in [5.41, 5.74) is 6.30. The molecule has 2 rings (SSSR count). The van der Waals surface area contributed by atoms with E-state index in [1.165, 1.54) is 0 Å². The van der Waals surface area contributed by atoms with Crippen molar-refractivity contribution in [1.29, 1.82) is 0 Å². The molecule has 2 aromatic rings. The summed E-state index contributed by atoms with van der Waals surface area (Å²) in [7, 11) is 0. The first-order valence-corrected chi connectivity index (χ1v) is 7.22. The number of carbonyl (C=O) groups is 2. The van der Waals surface area contributed by atoms with Gasteiger partial charge in [-0.25, -0.2) is 0 Å². The van der Waals surface area contributed by atoms with E-state index in [-0.39, 0.29) is 18.7 Å². The van der Waals surface area contributed by atoms with Crippen molar-refractivity contribution in [3.63, 3.8) is 0 Å². The third-order valence-electron chi connectivity index (χ3n) is 3.08. The van der Waals surface area contributed by atoms with E-state index in [2.05, 4.69) is 21.2 Å². The maximum atomic E-state index is 11.9. The van der Waals surface area contributed by atoms with Crippen LogP contribution in [0.15, 0.2) is 40.9 Å². The fraction of sp³-hybridized carbons (Fsp3) is 0.200. The van der Waals surface area contributed by atoms with Crippen LogP contribution in [0.3, 0.4) is 0 Å². The number of hydrogen-bond acceptors (Lipinski definition) is 3. The smallest absolute Gasteiger partial charge is 0.303 e. The Labute approximate surface area is 130 Å². The van der Waals surface area contributed by atoms with Gasteiger partial charge in [0.25, 0.3) is 0 Å². The lowest BCUT2D eigenvalue weighted by atomic mass is 10.1. The van der Waals surface area contributed by atoms with Crippen molar-refractivity contribution in [2.45, 2.75) is 18.9 Å². The van der Waals surface area contributed by atoms with Gasteiger partial charge in [0.15, 0.2) is 0 Å². The fourth-order valence-electron chi connectivity index (χ4n) is 1.94. The second-order valence-electron chi connectivity index (χ2n) is 4.73. The third kappa shape index (κ3) is 4.27. The zero-order chi connectivity index (χ0) is 15.4. The lowest BCUT2D eigenvalue weighted by Gasteiger charge is -2.12. The van der Waals surface area contributed by atoms with Crippen LogP contribution in [0.4, 0.5) is 5.69 Å². The van der Waals surface area contributed by atoms with Gasteiger partial charge in [0.1, 0.15) is 0 Å². The first-order chi connectivity index (χ1) is 9.95. The molecule has 0 heterocycles. The van der Waals surface area contributed by atoms with Crippen LogP contribution < -0.4 is 11.1 Å². The van der Waals surface area contributed by atoms with Gasteiger partial charge in [0.2, 0.25) is 5.91 Å². The van der Waals surface area contributed by atoms with Gasteiger partial charge in [-0.1, -0.05) is 28.1 Å². The van der Waals surface area contributed by atoms with Crippen molar-refractivity contribution in [3.05, 3.63) is 40.9 Å². The van der Waals surface area contributed by atoms with Crippen molar-refractivity contribution in [2.24, 2.45) is 5.73 Å². The Hall–Kier alpha value is -1.92. The normalized spacial score (nSPS) is 12.1. The number of amides is 1. The molecular formula is C15H15BrN2O3. The number of fused-ring (bicyclic) bond motifs is 1. The fourth-order valence-corrected chi connectivity index (χ4v) is 2.32. The Balaban J connectivity index is 2.07. The lowest BCUT2D eigenvalue weighted by molar-refractivity contribution is -0.137. The number of aliphatic carboxylic acids is 1. The van der Waals surface area contributed by atoms with E-state index in [0.29, 0.717) is 5.69 Å². The summed E-state index contributed by atoms with van der Waals surface area (Å²) < 4.78 is 0.988. The summed E-state index contributed by atoms with van der Waals surface area (Å²) in [5, 5.41) is 13.3. The van der Waals surface area contributed by atoms with Crippen molar-refractivity contribution in [2.75, 3.05) is 5.32 Å². The zero-order valence-electron chi connectivity index (χ0n) is 11.2. The molecule has 5 nitrogen and oxygen atoms in total. The highest BCUT2D eigenvalue weighted by Gasteiger charge is 2.15. The Morgan fingerprint density at radius 2 is 1.86 bits per heavy atom.